The zero-order valence-electron chi connectivity index (χ0n) is 11.5. The van der Waals surface area contributed by atoms with Gasteiger partial charge in [0.2, 0.25) is 0 Å². The Balaban J connectivity index is 2.30. The molecule has 0 atom stereocenters. The number of ether oxygens (including phenoxy) is 1. The molecule has 0 aliphatic rings. The van der Waals surface area contributed by atoms with E-state index in [0.29, 0.717) is 13.2 Å². The molecule has 17 heavy (non-hydrogen) atoms. The van der Waals surface area contributed by atoms with Crippen molar-refractivity contribution in [1.82, 2.24) is 0 Å². The molecule has 0 spiro atoms. The molecule has 0 N–H and O–H groups in total. The number of hydrogen-bond acceptors (Lipinski definition) is 2. The van der Waals surface area contributed by atoms with Crippen molar-refractivity contribution in [3.8, 4) is 5.75 Å². The molecule has 0 amide bonds. The fourth-order valence-corrected chi connectivity index (χ4v) is 2.17. The molecule has 0 aliphatic carbocycles. The third kappa shape index (κ3) is 4.52. The molecule has 0 heterocycles. The second-order valence-corrected chi connectivity index (χ2v) is 10.5. The number of benzene rings is 1. The van der Waals surface area contributed by atoms with E-state index in [1.165, 1.54) is 0 Å². The Bertz CT molecular complexity index is 328. The zero-order valence-corrected chi connectivity index (χ0v) is 12.5. The van der Waals surface area contributed by atoms with Crippen LogP contribution in [0.25, 0.3) is 0 Å². The summed E-state index contributed by atoms with van der Waals surface area (Å²) < 4.78 is 11.6. The summed E-state index contributed by atoms with van der Waals surface area (Å²) in [7, 11) is -1.63. The van der Waals surface area contributed by atoms with Crippen LogP contribution in [0.1, 0.15) is 20.8 Å². The van der Waals surface area contributed by atoms with Gasteiger partial charge in [-0.2, -0.15) is 0 Å². The average molecular weight is 251 g/mol. The van der Waals surface area contributed by atoms with Gasteiger partial charge in [-0.15, -0.1) is 0 Å². The van der Waals surface area contributed by atoms with Gasteiger partial charge in [0, 0.05) is 0 Å². The molecule has 1 rings (SSSR count). The average Bonchev–Trinajstić information content (AvgIpc) is 2.24. The Morgan fingerprint density at radius 1 is 1.24 bits per heavy atom. The molecule has 1 radical (unpaired) electrons. The van der Waals surface area contributed by atoms with E-state index in [4.69, 9.17) is 9.16 Å². The highest BCUT2D eigenvalue weighted by molar-refractivity contribution is 6.74. The molecule has 0 saturated heterocycles. The van der Waals surface area contributed by atoms with Gasteiger partial charge in [-0.3, -0.25) is 0 Å². The van der Waals surface area contributed by atoms with Crippen LogP contribution in [0.2, 0.25) is 18.1 Å². The first-order chi connectivity index (χ1) is 7.83. The predicted octanol–water partition coefficient (Wildman–Crippen LogP) is 3.89. The van der Waals surface area contributed by atoms with Crippen molar-refractivity contribution >= 4 is 8.32 Å². The first-order valence-electron chi connectivity index (χ1n) is 6.06. The van der Waals surface area contributed by atoms with Crippen LogP contribution < -0.4 is 4.74 Å². The quantitative estimate of drug-likeness (QED) is 0.584. The Hall–Kier alpha value is -0.803. The van der Waals surface area contributed by atoms with Crippen molar-refractivity contribution in [2.24, 2.45) is 0 Å². The van der Waals surface area contributed by atoms with Gasteiger partial charge in [-0.25, -0.2) is 0 Å². The van der Waals surface area contributed by atoms with Gasteiger partial charge in [0.1, 0.15) is 12.4 Å². The van der Waals surface area contributed by atoms with Gasteiger partial charge in [0.15, 0.2) is 8.32 Å². The van der Waals surface area contributed by atoms with E-state index in [2.05, 4.69) is 39.9 Å². The lowest BCUT2D eigenvalue weighted by Crippen LogP contribution is -2.41. The van der Waals surface area contributed by atoms with Crippen molar-refractivity contribution in [2.75, 3.05) is 13.2 Å². The molecule has 0 saturated carbocycles. The van der Waals surface area contributed by atoms with Crippen LogP contribution in [0.5, 0.6) is 5.75 Å². The lowest BCUT2D eigenvalue weighted by Gasteiger charge is -2.36. The van der Waals surface area contributed by atoms with E-state index in [9.17, 15) is 0 Å². The Kier molecular flexibility index (Phi) is 4.77. The van der Waals surface area contributed by atoms with E-state index < -0.39 is 8.32 Å². The molecule has 0 unspecified atom stereocenters. The molecule has 0 fully saturated rings. The Morgan fingerprint density at radius 2 is 1.94 bits per heavy atom. The molecule has 1 aromatic carbocycles. The minimum Gasteiger partial charge on any atom is -0.491 e. The molecule has 0 aromatic heterocycles. The topological polar surface area (TPSA) is 18.5 Å². The summed E-state index contributed by atoms with van der Waals surface area (Å²) in [5, 5.41) is 0.257. The van der Waals surface area contributed by atoms with Crippen molar-refractivity contribution < 1.29 is 9.16 Å². The summed E-state index contributed by atoms with van der Waals surface area (Å²) in [6, 6.07) is 10.5. The second-order valence-electron chi connectivity index (χ2n) is 5.70. The summed E-state index contributed by atoms with van der Waals surface area (Å²) in [6.45, 7) is 12.5. The van der Waals surface area contributed by atoms with Gasteiger partial charge < -0.3 is 9.16 Å². The largest absolute Gasteiger partial charge is 0.491 e. The number of rotatable bonds is 5. The minimum absolute atomic E-state index is 0.257. The summed E-state index contributed by atoms with van der Waals surface area (Å²) >= 11 is 0. The minimum atomic E-state index is -1.63. The van der Waals surface area contributed by atoms with Crippen LogP contribution in [0.3, 0.4) is 0 Å². The van der Waals surface area contributed by atoms with E-state index in [1.54, 1.807) is 0 Å². The van der Waals surface area contributed by atoms with Crippen molar-refractivity contribution in [1.29, 1.82) is 0 Å². The van der Waals surface area contributed by atoms with E-state index in [1.807, 2.05) is 24.3 Å². The molecule has 1 aromatic rings. The van der Waals surface area contributed by atoms with Gasteiger partial charge in [0.05, 0.1) is 6.61 Å². The Labute approximate surface area is 106 Å². The molecule has 2 nitrogen and oxygen atoms in total. The highest BCUT2D eigenvalue weighted by atomic mass is 28.4. The Morgan fingerprint density at radius 3 is 2.47 bits per heavy atom. The molecule has 95 valence electrons. The third-order valence-corrected chi connectivity index (χ3v) is 7.84. The van der Waals surface area contributed by atoms with Crippen molar-refractivity contribution in [3.05, 3.63) is 30.3 Å². The smallest absolute Gasteiger partial charge is 0.192 e. The van der Waals surface area contributed by atoms with Crippen LogP contribution in [-0.4, -0.2) is 21.5 Å². The normalized spacial score (nSPS) is 12.5. The number of hydrogen-bond donors (Lipinski definition) is 0. The molecule has 3 heteroatoms. The van der Waals surface area contributed by atoms with Crippen LogP contribution in [0.15, 0.2) is 24.3 Å². The fourth-order valence-electron chi connectivity index (χ4n) is 1.14. The predicted molar refractivity (Wildman–Crippen MR) is 73.9 cm³/mol. The fraction of sp³-hybridized carbons (Fsp3) is 0.571. The maximum atomic E-state index is 6.02. The molecular weight excluding hydrogens is 228 g/mol. The highest BCUT2D eigenvalue weighted by Crippen LogP contribution is 2.36. The van der Waals surface area contributed by atoms with Gasteiger partial charge in [-0.05, 0) is 36.3 Å². The first kappa shape index (κ1) is 14.3. The highest BCUT2D eigenvalue weighted by Gasteiger charge is 2.36. The third-order valence-electron chi connectivity index (χ3n) is 3.30. The first-order valence-corrected chi connectivity index (χ1v) is 8.97. The maximum absolute atomic E-state index is 6.02. The van der Waals surface area contributed by atoms with Crippen LogP contribution in [0, 0.1) is 6.07 Å². The van der Waals surface area contributed by atoms with Gasteiger partial charge in [-0.1, -0.05) is 32.9 Å². The van der Waals surface area contributed by atoms with Crippen LogP contribution in [-0.2, 0) is 4.43 Å². The SMILES string of the molecule is CC(C)(C)[Si](C)(C)OCCOc1c[c]ccc1. The van der Waals surface area contributed by atoms with Crippen molar-refractivity contribution in [2.45, 2.75) is 38.9 Å². The second kappa shape index (κ2) is 5.69. The van der Waals surface area contributed by atoms with E-state index in [0.717, 1.165) is 5.75 Å². The summed E-state index contributed by atoms with van der Waals surface area (Å²) in [5.41, 5.74) is 0. The molecule has 0 bridgehead atoms. The lowest BCUT2D eigenvalue weighted by atomic mass is 10.2. The summed E-state index contributed by atoms with van der Waals surface area (Å²) in [4.78, 5) is 0. The van der Waals surface area contributed by atoms with Gasteiger partial charge in [0.25, 0.3) is 0 Å². The molecular formula is C14H23O2Si. The lowest BCUT2D eigenvalue weighted by molar-refractivity contribution is 0.203. The van der Waals surface area contributed by atoms with Crippen LogP contribution >= 0.6 is 0 Å². The van der Waals surface area contributed by atoms with E-state index in [-0.39, 0.29) is 5.04 Å². The van der Waals surface area contributed by atoms with Crippen molar-refractivity contribution in [3.63, 3.8) is 0 Å². The standard InChI is InChI=1S/C14H23O2Si/c1-14(2,3)17(4,5)16-12-11-15-13-9-7-6-8-10-13/h6-7,9-10H,11-12H2,1-5H3. The molecule has 0 aliphatic heterocycles. The zero-order chi connectivity index (χ0) is 12.9. The maximum Gasteiger partial charge on any atom is 0.192 e. The van der Waals surface area contributed by atoms with E-state index >= 15 is 0 Å². The van der Waals surface area contributed by atoms with Crippen LogP contribution in [0.4, 0.5) is 0 Å². The monoisotopic (exact) mass is 251 g/mol. The summed E-state index contributed by atoms with van der Waals surface area (Å²) in [5.74, 6) is 0.853. The summed E-state index contributed by atoms with van der Waals surface area (Å²) in [6.07, 6.45) is 0. The van der Waals surface area contributed by atoms with Gasteiger partial charge >= 0.3 is 0 Å².